The summed E-state index contributed by atoms with van der Waals surface area (Å²) in [5.74, 6) is 1.23. The summed E-state index contributed by atoms with van der Waals surface area (Å²) in [6.45, 7) is 6.23. The highest BCUT2D eigenvalue weighted by Crippen LogP contribution is 2.33. The molecule has 0 bridgehead atoms. The van der Waals surface area contributed by atoms with Gasteiger partial charge < -0.3 is 14.2 Å². The monoisotopic (exact) mass is 464 g/mol. The average molecular weight is 465 g/mol. The van der Waals surface area contributed by atoms with Gasteiger partial charge in [-0.3, -0.25) is 0 Å². The molecule has 0 N–H and O–H groups in total. The van der Waals surface area contributed by atoms with Gasteiger partial charge in [-0.2, -0.15) is 0 Å². The molecule has 182 valence electrons. The first-order valence-electron chi connectivity index (χ1n) is 12.4. The fourth-order valence-corrected chi connectivity index (χ4v) is 4.13. The zero-order valence-electron chi connectivity index (χ0n) is 20.2. The predicted molar refractivity (Wildman–Crippen MR) is 133 cm³/mol. The van der Waals surface area contributed by atoms with Gasteiger partial charge >= 0.3 is 11.9 Å². The van der Waals surface area contributed by atoms with E-state index in [2.05, 4.69) is 18.7 Å². The number of unbranched alkanes of at least 4 members (excludes halogenated alkanes) is 3. The number of rotatable bonds is 12. The zero-order valence-corrected chi connectivity index (χ0v) is 20.2. The van der Waals surface area contributed by atoms with Crippen molar-refractivity contribution in [3.8, 4) is 11.5 Å². The molecule has 3 rings (SSSR count). The van der Waals surface area contributed by atoms with Crippen LogP contribution in [0.4, 0.5) is 0 Å². The van der Waals surface area contributed by atoms with Crippen LogP contribution in [0.2, 0.25) is 0 Å². The topological polar surface area (TPSA) is 61.8 Å². The Morgan fingerprint density at radius 1 is 0.824 bits per heavy atom. The summed E-state index contributed by atoms with van der Waals surface area (Å²) in [6, 6.07) is 15.0. The molecule has 0 atom stereocenters. The van der Waals surface area contributed by atoms with Gasteiger partial charge in [0.15, 0.2) is 0 Å². The van der Waals surface area contributed by atoms with E-state index in [0.717, 1.165) is 31.4 Å². The maximum Gasteiger partial charge on any atom is 0.343 e. The second-order valence-corrected chi connectivity index (χ2v) is 9.00. The van der Waals surface area contributed by atoms with E-state index in [1.54, 1.807) is 31.2 Å². The van der Waals surface area contributed by atoms with Gasteiger partial charge in [0.25, 0.3) is 0 Å². The van der Waals surface area contributed by atoms with E-state index in [0.29, 0.717) is 36.0 Å². The van der Waals surface area contributed by atoms with E-state index in [-0.39, 0.29) is 11.9 Å². The Morgan fingerprint density at radius 2 is 1.44 bits per heavy atom. The van der Waals surface area contributed by atoms with E-state index in [1.807, 2.05) is 12.1 Å². The molecule has 1 fully saturated rings. The van der Waals surface area contributed by atoms with Gasteiger partial charge in [-0.05, 0) is 93.3 Å². The number of carbonyl (C=O) groups excluding carboxylic acids is 2. The second-order valence-electron chi connectivity index (χ2n) is 9.00. The molecule has 0 unspecified atom stereocenters. The maximum absolute atomic E-state index is 12.5. The minimum Gasteiger partial charge on any atom is -0.494 e. The number of hydrogen-bond acceptors (Lipinski definition) is 5. The van der Waals surface area contributed by atoms with Gasteiger partial charge in [0.1, 0.15) is 11.5 Å². The van der Waals surface area contributed by atoms with Gasteiger partial charge in [-0.1, -0.05) is 38.0 Å². The molecule has 34 heavy (non-hydrogen) atoms. The Balaban J connectivity index is 1.33. The molecule has 1 aliphatic carbocycles. The largest absolute Gasteiger partial charge is 0.494 e. The summed E-state index contributed by atoms with van der Waals surface area (Å²) in [5.41, 5.74) is 2.26. The van der Waals surface area contributed by atoms with Gasteiger partial charge in [0, 0.05) is 5.57 Å². The highest BCUT2D eigenvalue weighted by Gasteiger charge is 2.16. The van der Waals surface area contributed by atoms with Crippen LogP contribution >= 0.6 is 0 Å². The molecular formula is C29H36O5. The number of hydrogen-bond donors (Lipinski definition) is 0. The number of carbonyl (C=O) groups is 2. The standard InChI is InChI=1S/C29H36O5/c1-22(2)28(30)33-21-9-4-3-8-20-32-26-16-14-25(15-17-26)29(31)34-27-18-12-24(13-19-27)23-10-6-5-7-11-23/h12-19,23H,1,3-11,20-21H2,2H3. The van der Waals surface area contributed by atoms with Crippen LogP contribution in [0.3, 0.4) is 0 Å². The highest BCUT2D eigenvalue weighted by molar-refractivity contribution is 5.91. The summed E-state index contributed by atoms with van der Waals surface area (Å²) < 4.78 is 16.4. The molecule has 1 saturated carbocycles. The molecule has 0 spiro atoms. The van der Waals surface area contributed by atoms with Crippen LogP contribution in [0.5, 0.6) is 11.5 Å². The van der Waals surface area contributed by atoms with Crippen molar-refractivity contribution in [2.24, 2.45) is 0 Å². The smallest absolute Gasteiger partial charge is 0.343 e. The normalized spacial score (nSPS) is 13.8. The van der Waals surface area contributed by atoms with E-state index in [9.17, 15) is 9.59 Å². The zero-order chi connectivity index (χ0) is 24.2. The number of ether oxygens (including phenoxy) is 3. The quantitative estimate of drug-likeness (QED) is 0.146. The number of benzene rings is 2. The summed E-state index contributed by atoms with van der Waals surface area (Å²) in [5, 5.41) is 0. The lowest BCUT2D eigenvalue weighted by Gasteiger charge is -2.22. The van der Waals surface area contributed by atoms with Crippen molar-refractivity contribution in [2.75, 3.05) is 13.2 Å². The van der Waals surface area contributed by atoms with Gasteiger partial charge in [0.2, 0.25) is 0 Å². The Bertz CT molecular complexity index is 924. The third-order valence-corrected chi connectivity index (χ3v) is 6.15. The van der Waals surface area contributed by atoms with Gasteiger partial charge in [-0.25, -0.2) is 9.59 Å². The minimum atomic E-state index is -0.371. The molecule has 2 aromatic rings. The Labute approximate surface area is 203 Å². The SMILES string of the molecule is C=C(C)C(=O)OCCCCCCOc1ccc(C(=O)Oc2ccc(C3CCCCC3)cc2)cc1. The molecule has 0 aliphatic heterocycles. The molecule has 1 aliphatic rings. The summed E-state index contributed by atoms with van der Waals surface area (Å²) in [7, 11) is 0. The minimum absolute atomic E-state index is 0.330. The fraction of sp³-hybridized carbons (Fsp3) is 0.448. The van der Waals surface area contributed by atoms with Gasteiger partial charge in [0.05, 0.1) is 18.8 Å². The lowest BCUT2D eigenvalue weighted by atomic mass is 9.84. The third-order valence-electron chi connectivity index (χ3n) is 6.15. The van der Waals surface area contributed by atoms with Crippen LogP contribution in [0, 0.1) is 0 Å². The fourth-order valence-electron chi connectivity index (χ4n) is 4.13. The summed E-state index contributed by atoms with van der Waals surface area (Å²) in [4.78, 5) is 23.8. The lowest BCUT2D eigenvalue weighted by Crippen LogP contribution is -2.09. The van der Waals surface area contributed by atoms with E-state index >= 15 is 0 Å². The number of esters is 2. The Morgan fingerprint density at radius 3 is 2.09 bits per heavy atom. The van der Waals surface area contributed by atoms with E-state index in [1.165, 1.54) is 37.7 Å². The van der Waals surface area contributed by atoms with E-state index in [4.69, 9.17) is 14.2 Å². The van der Waals surface area contributed by atoms with Crippen LogP contribution in [-0.4, -0.2) is 25.2 Å². The Hall–Kier alpha value is -3.08. The first-order valence-corrected chi connectivity index (χ1v) is 12.4. The molecule has 0 saturated heterocycles. The average Bonchev–Trinajstić information content (AvgIpc) is 2.86. The molecular weight excluding hydrogens is 428 g/mol. The van der Waals surface area contributed by atoms with Crippen molar-refractivity contribution in [2.45, 2.75) is 70.6 Å². The van der Waals surface area contributed by atoms with Crippen molar-refractivity contribution < 1.29 is 23.8 Å². The summed E-state index contributed by atoms with van der Waals surface area (Å²) >= 11 is 0. The first-order chi connectivity index (χ1) is 16.5. The second kappa shape index (κ2) is 13.6. The van der Waals surface area contributed by atoms with Gasteiger partial charge in [-0.15, -0.1) is 0 Å². The lowest BCUT2D eigenvalue weighted by molar-refractivity contribution is -0.139. The molecule has 0 heterocycles. The van der Waals surface area contributed by atoms with Crippen LogP contribution in [0.1, 0.15) is 86.6 Å². The molecule has 5 nitrogen and oxygen atoms in total. The first kappa shape index (κ1) is 25.5. The highest BCUT2D eigenvalue weighted by atomic mass is 16.5. The predicted octanol–water partition coefficient (Wildman–Crippen LogP) is 7.01. The maximum atomic E-state index is 12.5. The molecule has 2 aromatic carbocycles. The third kappa shape index (κ3) is 8.36. The molecule has 0 radical (unpaired) electrons. The van der Waals surface area contributed by atoms with Crippen LogP contribution in [0.25, 0.3) is 0 Å². The Kier molecular flexibility index (Phi) is 10.2. The van der Waals surface area contributed by atoms with Crippen LogP contribution in [0.15, 0.2) is 60.7 Å². The van der Waals surface area contributed by atoms with Crippen LogP contribution < -0.4 is 9.47 Å². The summed E-state index contributed by atoms with van der Waals surface area (Å²) in [6.07, 6.45) is 10.2. The molecule has 0 aromatic heterocycles. The van der Waals surface area contributed by atoms with Crippen molar-refractivity contribution >= 4 is 11.9 Å². The molecule has 0 amide bonds. The van der Waals surface area contributed by atoms with Crippen molar-refractivity contribution in [3.05, 3.63) is 71.8 Å². The van der Waals surface area contributed by atoms with Crippen LogP contribution in [-0.2, 0) is 9.53 Å². The van der Waals surface area contributed by atoms with Crippen molar-refractivity contribution in [1.29, 1.82) is 0 Å². The van der Waals surface area contributed by atoms with Crippen molar-refractivity contribution in [1.82, 2.24) is 0 Å². The molecule has 5 heteroatoms. The van der Waals surface area contributed by atoms with E-state index < -0.39 is 0 Å². The van der Waals surface area contributed by atoms with Crippen molar-refractivity contribution in [3.63, 3.8) is 0 Å².